The summed E-state index contributed by atoms with van der Waals surface area (Å²) in [6.45, 7) is 4.29. The van der Waals surface area contributed by atoms with Crippen molar-refractivity contribution in [2.24, 2.45) is 7.05 Å². The Kier molecular flexibility index (Phi) is 5.55. The van der Waals surface area contributed by atoms with Crippen LogP contribution in [0.1, 0.15) is 11.1 Å². The SMILES string of the molecule is C#Cc1ccc2nc(Nc3cc(CN4CCOCC4)cc(-c4cnn(C)c4)c3)ncc2c1. The van der Waals surface area contributed by atoms with E-state index in [4.69, 9.17) is 11.2 Å². The van der Waals surface area contributed by atoms with E-state index in [9.17, 15) is 0 Å². The van der Waals surface area contributed by atoms with Gasteiger partial charge in [-0.15, -0.1) is 6.42 Å². The maximum absolute atomic E-state index is 5.50. The number of aryl methyl sites for hydroxylation is 1. The van der Waals surface area contributed by atoms with Gasteiger partial charge in [-0.3, -0.25) is 9.58 Å². The molecule has 0 aliphatic carbocycles. The number of fused-ring (bicyclic) bond motifs is 1. The monoisotopic (exact) mass is 424 g/mol. The van der Waals surface area contributed by atoms with Crippen LogP contribution in [0.15, 0.2) is 55.0 Å². The van der Waals surface area contributed by atoms with Gasteiger partial charge in [0, 0.05) is 61.3 Å². The molecule has 5 rings (SSSR count). The highest BCUT2D eigenvalue weighted by atomic mass is 16.5. The molecule has 2 aromatic heterocycles. The molecule has 0 bridgehead atoms. The molecular weight excluding hydrogens is 400 g/mol. The summed E-state index contributed by atoms with van der Waals surface area (Å²) in [6.07, 6.45) is 11.2. The van der Waals surface area contributed by atoms with Crippen molar-refractivity contribution in [2.75, 3.05) is 31.6 Å². The Balaban J connectivity index is 1.47. The lowest BCUT2D eigenvalue weighted by Crippen LogP contribution is -2.35. The highest BCUT2D eigenvalue weighted by molar-refractivity contribution is 5.81. The van der Waals surface area contributed by atoms with E-state index < -0.39 is 0 Å². The van der Waals surface area contributed by atoms with Crippen LogP contribution >= 0.6 is 0 Å². The molecule has 1 fully saturated rings. The summed E-state index contributed by atoms with van der Waals surface area (Å²) in [5.74, 6) is 3.19. The van der Waals surface area contributed by atoms with Crippen molar-refractivity contribution in [3.63, 3.8) is 0 Å². The van der Waals surface area contributed by atoms with Crippen molar-refractivity contribution in [3.05, 3.63) is 66.1 Å². The molecule has 3 heterocycles. The molecule has 0 saturated carbocycles. The van der Waals surface area contributed by atoms with Gasteiger partial charge in [0.25, 0.3) is 0 Å². The maximum atomic E-state index is 5.50. The number of anilines is 2. The molecule has 0 amide bonds. The van der Waals surface area contributed by atoms with Gasteiger partial charge < -0.3 is 10.1 Å². The first-order valence-electron chi connectivity index (χ1n) is 10.6. The Morgan fingerprint density at radius 2 is 1.97 bits per heavy atom. The van der Waals surface area contributed by atoms with Crippen molar-refractivity contribution >= 4 is 22.5 Å². The fourth-order valence-corrected chi connectivity index (χ4v) is 3.92. The molecule has 4 aromatic rings. The van der Waals surface area contributed by atoms with Gasteiger partial charge in [0.15, 0.2) is 0 Å². The number of benzene rings is 2. The fourth-order valence-electron chi connectivity index (χ4n) is 3.92. The minimum absolute atomic E-state index is 0.548. The van der Waals surface area contributed by atoms with Gasteiger partial charge in [0.2, 0.25) is 5.95 Å². The predicted octanol–water partition coefficient (Wildman–Crippen LogP) is 3.59. The maximum Gasteiger partial charge on any atom is 0.227 e. The number of ether oxygens (including phenoxy) is 1. The number of aromatic nitrogens is 4. The molecule has 7 nitrogen and oxygen atoms in total. The van der Waals surface area contributed by atoms with Gasteiger partial charge in [0.05, 0.1) is 24.9 Å². The van der Waals surface area contributed by atoms with Crippen molar-refractivity contribution in [3.8, 4) is 23.5 Å². The van der Waals surface area contributed by atoms with Crippen LogP contribution in [0.25, 0.3) is 22.0 Å². The highest BCUT2D eigenvalue weighted by Gasteiger charge is 2.13. The van der Waals surface area contributed by atoms with Crippen LogP contribution in [0.4, 0.5) is 11.6 Å². The topological polar surface area (TPSA) is 68.1 Å². The molecule has 1 N–H and O–H groups in total. The number of nitrogens with one attached hydrogen (secondary N) is 1. The molecule has 1 saturated heterocycles. The quantitative estimate of drug-likeness (QED) is 0.494. The normalized spacial score (nSPS) is 14.4. The van der Waals surface area contributed by atoms with Crippen molar-refractivity contribution in [1.29, 1.82) is 0 Å². The van der Waals surface area contributed by atoms with E-state index in [0.717, 1.165) is 66.1 Å². The number of hydrogen-bond acceptors (Lipinski definition) is 6. The molecule has 160 valence electrons. The van der Waals surface area contributed by atoms with Crippen LogP contribution in [0, 0.1) is 12.3 Å². The zero-order chi connectivity index (χ0) is 21.9. The second kappa shape index (κ2) is 8.79. The van der Waals surface area contributed by atoms with Crippen LogP contribution in [0.5, 0.6) is 0 Å². The standard InChI is InChI=1S/C25H24N6O/c1-3-18-4-5-24-21(10-18)14-26-25(29-24)28-23-12-19(16-31-6-8-32-9-7-31)11-20(13-23)22-15-27-30(2)17-22/h1,4-5,10-15,17H,6-9,16H2,2H3,(H,26,28,29). The molecule has 1 aliphatic rings. The van der Waals surface area contributed by atoms with E-state index in [1.807, 2.05) is 42.3 Å². The lowest BCUT2D eigenvalue weighted by atomic mass is 10.0. The number of nitrogens with zero attached hydrogens (tertiary/aromatic N) is 5. The summed E-state index contributed by atoms with van der Waals surface area (Å²) < 4.78 is 7.31. The van der Waals surface area contributed by atoms with Crippen molar-refractivity contribution in [2.45, 2.75) is 6.54 Å². The Hall–Kier alpha value is -3.73. The average molecular weight is 425 g/mol. The lowest BCUT2D eigenvalue weighted by Gasteiger charge is -2.27. The van der Waals surface area contributed by atoms with Crippen LogP contribution in [0.3, 0.4) is 0 Å². The van der Waals surface area contributed by atoms with Crippen LogP contribution in [0.2, 0.25) is 0 Å². The molecule has 0 radical (unpaired) electrons. The predicted molar refractivity (Wildman–Crippen MR) is 125 cm³/mol. The third-order valence-electron chi connectivity index (χ3n) is 5.54. The smallest absolute Gasteiger partial charge is 0.227 e. The zero-order valence-electron chi connectivity index (χ0n) is 18.0. The van der Waals surface area contributed by atoms with E-state index in [0.29, 0.717) is 5.95 Å². The number of hydrogen-bond donors (Lipinski definition) is 1. The van der Waals surface area contributed by atoms with E-state index in [1.165, 1.54) is 5.56 Å². The molecule has 0 atom stereocenters. The minimum Gasteiger partial charge on any atom is -0.379 e. The molecule has 32 heavy (non-hydrogen) atoms. The Morgan fingerprint density at radius 1 is 1.09 bits per heavy atom. The first kappa shape index (κ1) is 20.2. The van der Waals surface area contributed by atoms with Crippen LogP contribution in [-0.2, 0) is 18.3 Å². The van der Waals surface area contributed by atoms with E-state index >= 15 is 0 Å². The minimum atomic E-state index is 0.548. The van der Waals surface area contributed by atoms with Gasteiger partial charge in [0.1, 0.15) is 0 Å². The number of terminal acetylenes is 1. The largest absolute Gasteiger partial charge is 0.379 e. The van der Waals surface area contributed by atoms with Crippen molar-refractivity contribution < 1.29 is 4.74 Å². The summed E-state index contributed by atoms with van der Waals surface area (Å²) in [5, 5.41) is 8.64. The zero-order valence-corrected chi connectivity index (χ0v) is 18.0. The third kappa shape index (κ3) is 4.47. The van der Waals surface area contributed by atoms with Gasteiger partial charge in [-0.05, 0) is 47.5 Å². The van der Waals surface area contributed by atoms with E-state index in [-0.39, 0.29) is 0 Å². The molecular formula is C25H24N6O. The summed E-state index contributed by atoms with van der Waals surface area (Å²) >= 11 is 0. The number of morpholine rings is 1. The number of rotatable bonds is 5. The summed E-state index contributed by atoms with van der Waals surface area (Å²) in [4.78, 5) is 11.6. The molecule has 0 spiro atoms. The molecule has 1 aliphatic heterocycles. The Labute approximate surface area is 187 Å². The van der Waals surface area contributed by atoms with Gasteiger partial charge in [-0.1, -0.05) is 5.92 Å². The summed E-state index contributed by atoms with van der Waals surface area (Å²) in [6, 6.07) is 12.2. The molecule has 0 unspecified atom stereocenters. The second-order valence-electron chi connectivity index (χ2n) is 7.95. The first-order chi connectivity index (χ1) is 15.7. The molecule has 2 aromatic carbocycles. The van der Waals surface area contributed by atoms with Crippen molar-refractivity contribution in [1.82, 2.24) is 24.6 Å². The van der Waals surface area contributed by atoms with Crippen LogP contribution < -0.4 is 5.32 Å². The highest BCUT2D eigenvalue weighted by Crippen LogP contribution is 2.27. The van der Waals surface area contributed by atoms with Gasteiger partial charge in [-0.25, -0.2) is 9.97 Å². The Bertz CT molecular complexity index is 1300. The molecule has 7 heteroatoms. The van der Waals surface area contributed by atoms with E-state index in [1.54, 1.807) is 6.20 Å². The Morgan fingerprint density at radius 3 is 2.75 bits per heavy atom. The van der Waals surface area contributed by atoms with Gasteiger partial charge in [-0.2, -0.15) is 5.10 Å². The fraction of sp³-hybridized carbons (Fsp3) is 0.240. The van der Waals surface area contributed by atoms with E-state index in [2.05, 4.69) is 49.4 Å². The summed E-state index contributed by atoms with van der Waals surface area (Å²) in [7, 11) is 1.93. The summed E-state index contributed by atoms with van der Waals surface area (Å²) in [5.41, 5.74) is 5.99. The first-order valence-corrected chi connectivity index (χ1v) is 10.6. The van der Waals surface area contributed by atoms with Crippen LogP contribution in [-0.4, -0.2) is 51.0 Å². The van der Waals surface area contributed by atoms with Gasteiger partial charge >= 0.3 is 0 Å². The lowest BCUT2D eigenvalue weighted by molar-refractivity contribution is 0.0342. The second-order valence-corrected chi connectivity index (χ2v) is 7.95. The third-order valence-corrected chi connectivity index (χ3v) is 5.54. The average Bonchev–Trinajstić information content (AvgIpc) is 3.25.